The van der Waals surface area contributed by atoms with E-state index >= 15 is 0 Å². The molecule has 0 aliphatic heterocycles. The SMILES string of the molecule is CCCNc1cc(-c2ccc(OCC)cc2)[nH]n1. The molecule has 2 N–H and O–H groups in total. The molecule has 0 unspecified atom stereocenters. The Hall–Kier alpha value is -1.97. The van der Waals surface area contributed by atoms with Crippen molar-refractivity contribution in [3.8, 4) is 17.0 Å². The summed E-state index contributed by atoms with van der Waals surface area (Å²) in [6.07, 6.45) is 1.09. The van der Waals surface area contributed by atoms with E-state index in [4.69, 9.17) is 4.74 Å². The molecule has 0 saturated carbocycles. The van der Waals surface area contributed by atoms with Gasteiger partial charge in [-0.25, -0.2) is 0 Å². The Morgan fingerprint density at radius 2 is 2.00 bits per heavy atom. The third-order valence-electron chi connectivity index (χ3n) is 2.61. The standard InChI is InChI=1S/C14H19N3O/c1-3-9-15-14-10-13(16-17-14)11-5-7-12(8-6-11)18-4-2/h5-8,10H,3-4,9H2,1-2H3,(H2,15,16,17). The highest BCUT2D eigenvalue weighted by molar-refractivity contribution is 5.63. The molecule has 0 atom stereocenters. The van der Waals surface area contributed by atoms with Crippen LogP contribution in [0, 0.1) is 0 Å². The fourth-order valence-electron chi connectivity index (χ4n) is 1.71. The van der Waals surface area contributed by atoms with E-state index in [1.165, 1.54) is 0 Å². The molecule has 1 aromatic heterocycles. The zero-order valence-electron chi connectivity index (χ0n) is 10.9. The third-order valence-corrected chi connectivity index (χ3v) is 2.61. The summed E-state index contributed by atoms with van der Waals surface area (Å²) in [5.74, 6) is 1.78. The monoisotopic (exact) mass is 245 g/mol. The summed E-state index contributed by atoms with van der Waals surface area (Å²) in [7, 11) is 0. The van der Waals surface area contributed by atoms with E-state index in [2.05, 4.69) is 22.4 Å². The number of nitrogens with one attached hydrogen (secondary N) is 2. The highest BCUT2D eigenvalue weighted by Gasteiger charge is 2.03. The first-order chi connectivity index (χ1) is 8.83. The van der Waals surface area contributed by atoms with Gasteiger partial charge in [0.1, 0.15) is 11.6 Å². The lowest BCUT2D eigenvalue weighted by Gasteiger charge is -2.03. The van der Waals surface area contributed by atoms with Crippen molar-refractivity contribution in [2.24, 2.45) is 0 Å². The van der Waals surface area contributed by atoms with Crippen molar-refractivity contribution >= 4 is 5.82 Å². The number of benzene rings is 1. The molecular weight excluding hydrogens is 226 g/mol. The van der Waals surface area contributed by atoms with Gasteiger partial charge in [0, 0.05) is 12.6 Å². The maximum atomic E-state index is 5.42. The van der Waals surface area contributed by atoms with Gasteiger partial charge in [-0.3, -0.25) is 5.10 Å². The predicted molar refractivity (Wildman–Crippen MR) is 74.0 cm³/mol. The van der Waals surface area contributed by atoms with Crippen LogP contribution < -0.4 is 10.1 Å². The maximum Gasteiger partial charge on any atom is 0.148 e. The molecule has 1 heterocycles. The molecule has 2 aromatic rings. The van der Waals surface area contributed by atoms with Crippen LogP contribution >= 0.6 is 0 Å². The van der Waals surface area contributed by atoms with Gasteiger partial charge in [-0.15, -0.1) is 0 Å². The van der Waals surface area contributed by atoms with Crippen molar-refractivity contribution in [3.63, 3.8) is 0 Å². The fraction of sp³-hybridized carbons (Fsp3) is 0.357. The molecule has 0 saturated heterocycles. The Labute approximate surface area is 107 Å². The van der Waals surface area contributed by atoms with E-state index in [1.807, 2.05) is 37.3 Å². The summed E-state index contributed by atoms with van der Waals surface area (Å²) < 4.78 is 5.42. The van der Waals surface area contributed by atoms with Gasteiger partial charge in [-0.05, 0) is 43.2 Å². The number of rotatable bonds is 6. The molecule has 1 aromatic carbocycles. The van der Waals surface area contributed by atoms with Gasteiger partial charge < -0.3 is 10.1 Å². The first-order valence-corrected chi connectivity index (χ1v) is 6.36. The Balaban J connectivity index is 2.08. The van der Waals surface area contributed by atoms with Crippen molar-refractivity contribution in [1.82, 2.24) is 10.2 Å². The molecule has 2 rings (SSSR count). The molecule has 4 heteroatoms. The normalized spacial score (nSPS) is 10.3. The summed E-state index contributed by atoms with van der Waals surface area (Å²) in [5, 5.41) is 10.5. The molecule has 0 radical (unpaired) electrons. The second kappa shape index (κ2) is 6.10. The topological polar surface area (TPSA) is 49.9 Å². The first kappa shape index (κ1) is 12.5. The zero-order chi connectivity index (χ0) is 12.8. The van der Waals surface area contributed by atoms with Gasteiger partial charge in [0.05, 0.1) is 12.3 Å². The Kier molecular flexibility index (Phi) is 4.23. The van der Waals surface area contributed by atoms with Crippen molar-refractivity contribution in [2.45, 2.75) is 20.3 Å². The van der Waals surface area contributed by atoms with Gasteiger partial charge in [0.25, 0.3) is 0 Å². The molecule has 0 spiro atoms. The Morgan fingerprint density at radius 3 is 2.67 bits per heavy atom. The molecule has 0 bridgehead atoms. The van der Waals surface area contributed by atoms with Crippen molar-refractivity contribution in [3.05, 3.63) is 30.3 Å². The molecular formula is C14H19N3O. The molecule has 18 heavy (non-hydrogen) atoms. The minimum absolute atomic E-state index is 0.689. The van der Waals surface area contributed by atoms with Gasteiger partial charge in [0.2, 0.25) is 0 Å². The van der Waals surface area contributed by atoms with E-state index in [9.17, 15) is 0 Å². The summed E-state index contributed by atoms with van der Waals surface area (Å²) in [6.45, 7) is 5.74. The van der Waals surface area contributed by atoms with Crippen LogP contribution in [0.25, 0.3) is 11.3 Å². The van der Waals surface area contributed by atoms with Crippen molar-refractivity contribution < 1.29 is 4.74 Å². The van der Waals surface area contributed by atoms with Crippen LogP contribution in [0.4, 0.5) is 5.82 Å². The highest BCUT2D eigenvalue weighted by Crippen LogP contribution is 2.22. The quantitative estimate of drug-likeness (QED) is 0.821. The molecule has 0 aliphatic carbocycles. The van der Waals surface area contributed by atoms with Crippen LogP contribution in [0.5, 0.6) is 5.75 Å². The van der Waals surface area contributed by atoms with Crippen LogP contribution in [0.3, 0.4) is 0 Å². The number of nitrogens with zero attached hydrogens (tertiary/aromatic N) is 1. The first-order valence-electron chi connectivity index (χ1n) is 6.36. The third kappa shape index (κ3) is 3.03. The fourth-order valence-corrected chi connectivity index (χ4v) is 1.71. The lowest BCUT2D eigenvalue weighted by molar-refractivity contribution is 0.340. The summed E-state index contributed by atoms with van der Waals surface area (Å²) in [4.78, 5) is 0. The molecule has 0 fully saturated rings. The molecule has 0 amide bonds. The van der Waals surface area contributed by atoms with Crippen LogP contribution in [0.1, 0.15) is 20.3 Å². The van der Waals surface area contributed by atoms with Gasteiger partial charge >= 0.3 is 0 Å². The maximum absolute atomic E-state index is 5.42. The van der Waals surface area contributed by atoms with E-state index in [1.54, 1.807) is 0 Å². The largest absolute Gasteiger partial charge is 0.494 e. The smallest absolute Gasteiger partial charge is 0.148 e. The Bertz CT molecular complexity index is 476. The molecule has 0 aliphatic rings. The second-order valence-electron chi connectivity index (χ2n) is 4.05. The summed E-state index contributed by atoms with van der Waals surface area (Å²) in [5.41, 5.74) is 2.12. The van der Waals surface area contributed by atoms with Crippen LogP contribution in [0.2, 0.25) is 0 Å². The van der Waals surface area contributed by atoms with Gasteiger partial charge in [-0.1, -0.05) is 6.92 Å². The van der Waals surface area contributed by atoms with Crippen molar-refractivity contribution in [2.75, 3.05) is 18.5 Å². The average Bonchev–Trinajstić information content (AvgIpc) is 2.86. The van der Waals surface area contributed by atoms with E-state index in [0.29, 0.717) is 6.61 Å². The number of ether oxygens (including phenoxy) is 1. The van der Waals surface area contributed by atoms with E-state index in [0.717, 1.165) is 35.8 Å². The second-order valence-corrected chi connectivity index (χ2v) is 4.05. The lowest BCUT2D eigenvalue weighted by atomic mass is 10.1. The number of hydrogen-bond acceptors (Lipinski definition) is 3. The van der Waals surface area contributed by atoms with Crippen LogP contribution in [-0.4, -0.2) is 23.3 Å². The minimum atomic E-state index is 0.689. The van der Waals surface area contributed by atoms with Crippen LogP contribution in [-0.2, 0) is 0 Å². The predicted octanol–water partition coefficient (Wildman–Crippen LogP) is 3.30. The average molecular weight is 245 g/mol. The zero-order valence-corrected chi connectivity index (χ0v) is 10.9. The van der Waals surface area contributed by atoms with E-state index < -0.39 is 0 Å². The van der Waals surface area contributed by atoms with E-state index in [-0.39, 0.29) is 0 Å². The molecule has 96 valence electrons. The number of aromatic amines is 1. The summed E-state index contributed by atoms with van der Waals surface area (Å²) in [6, 6.07) is 10.0. The van der Waals surface area contributed by atoms with Gasteiger partial charge in [-0.2, -0.15) is 5.10 Å². The lowest BCUT2D eigenvalue weighted by Crippen LogP contribution is -1.99. The number of aromatic nitrogens is 2. The summed E-state index contributed by atoms with van der Waals surface area (Å²) >= 11 is 0. The Morgan fingerprint density at radius 1 is 1.22 bits per heavy atom. The van der Waals surface area contributed by atoms with Gasteiger partial charge in [0.15, 0.2) is 0 Å². The number of H-pyrrole nitrogens is 1. The number of anilines is 1. The molecule has 4 nitrogen and oxygen atoms in total. The number of hydrogen-bond donors (Lipinski definition) is 2. The van der Waals surface area contributed by atoms with Crippen LogP contribution in [0.15, 0.2) is 30.3 Å². The minimum Gasteiger partial charge on any atom is -0.494 e. The highest BCUT2D eigenvalue weighted by atomic mass is 16.5. The van der Waals surface area contributed by atoms with Crippen molar-refractivity contribution in [1.29, 1.82) is 0 Å².